The van der Waals surface area contributed by atoms with Crippen LogP contribution in [0.4, 0.5) is 0 Å². The summed E-state index contributed by atoms with van der Waals surface area (Å²) in [4.78, 5) is 0. The van der Waals surface area contributed by atoms with Crippen LogP contribution in [0.1, 0.15) is 16.7 Å². The van der Waals surface area contributed by atoms with Gasteiger partial charge in [-0.05, 0) is 36.6 Å². The molecular weight excluding hydrogens is 188 g/mol. The number of aromatic hydroxyl groups is 1. The third kappa shape index (κ3) is 3.27. The standard InChI is InChI=1S/C12H18N2O/c1-9-8-12(15)10(2)7-11(9)5-6-13-14(3)4/h6-8,15H,5H2,1-4H3. The first-order chi connectivity index (χ1) is 7.00. The highest BCUT2D eigenvalue weighted by Gasteiger charge is 2.01. The Hall–Kier alpha value is -1.51. The molecule has 0 saturated carbocycles. The van der Waals surface area contributed by atoms with Crippen molar-refractivity contribution < 1.29 is 5.11 Å². The summed E-state index contributed by atoms with van der Waals surface area (Å²) in [6.07, 6.45) is 2.67. The molecule has 0 heterocycles. The summed E-state index contributed by atoms with van der Waals surface area (Å²) >= 11 is 0. The van der Waals surface area contributed by atoms with E-state index in [1.165, 1.54) is 5.56 Å². The van der Waals surface area contributed by atoms with Crippen LogP contribution in [0.15, 0.2) is 17.2 Å². The van der Waals surface area contributed by atoms with Crippen molar-refractivity contribution in [3.63, 3.8) is 0 Å². The lowest BCUT2D eigenvalue weighted by Crippen LogP contribution is -2.03. The number of hydrazone groups is 1. The van der Waals surface area contributed by atoms with Crippen molar-refractivity contribution in [1.29, 1.82) is 0 Å². The van der Waals surface area contributed by atoms with Crippen LogP contribution in [0.2, 0.25) is 0 Å². The predicted octanol–water partition coefficient (Wildman–Crippen LogP) is 2.10. The lowest BCUT2D eigenvalue weighted by Gasteiger charge is -2.07. The number of hydrogen-bond acceptors (Lipinski definition) is 3. The molecule has 1 N–H and O–H groups in total. The van der Waals surface area contributed by atoms with Crippen LogP contribution in [-0.2, 0) is 6.42 Å². The van der Waals surface area contributed by atoms with Crippen LogP contribution in [0.5, 0.6) is 5.75 Å². The number of phenolic OH excluding ortho intramolecular Hbond substituents is 1. The zero-order chi connectivity index (χ0) is 11.4. The fourth-order valence-corrected chi connectivity index (χ4v) is 1.38. The molecule has 1 aromatic carbocycles. The number of aryl methyl sites for hydroxylation is 2. The second-order valence-corrected chi connectivity index (χ2v) is 3.91. The topological polar surface area (TPSA) is 35.8 Å². The Labute approximate surface area is 91.0 Å². The number of nitrogens with zero attached hydrogens (tertiary/aromatic N) is 2. The Morgan fingerprint density at radius 2 is 1.93 bits per heavy atom. The molecule has 0 aliphatic carbocycles. The van der Waals surface area contributed by atoms with Gasteiger partial charge in [0.1, 0.15) is 5.75 Å². The van der Waals surface area contributed by atoms with Gasteiger partial charge in [-0.1, -0.05) is 6.07 Å². The average Bonchev–Trinajstić information content (AvgIpc) is 2.13. The Balaban J connectivity index is 2.82. The normalized spacial score (nSPS) is 10.9. The van der Waals surface area contributed by atoms with Gasteiger partial charge in [0.25, 0.3) is 0 Å². The smallest absolute Gasteiger partial charge is 0.118 e. The van der Waals surface area contributed by atoms with E-state index in [1.807, 2.05) is 40.2 Å². The van der Waals surface area contributed by atoms with Crippen LogP contribution < -0.4 is 0 Å². The number of hydrogen-bond donors (Lipinski definition) is 1. The van der Waals surface area contributed by atoms with Crippen molar-refractivity contribution in [2.24, 2.45) is 5.10 Å². The van der Waals surface area contributed by atoms with Gasteiger partial charge < -0.3 is 10.1 Å². The van der Waals surface area contributed by atoms with Gasteiger partial charge in [-0.25, -0.2) is 0 Å². The molecule has 0 radical (unpaired) electrons. The summed E-state index contributed by atoms with van der Waals surface area (Å²) in [5, 5.41) is 15.4. The molecule has 0 aromatic heterocycles. The van der Waals surface area contributed by atoms with Crippen LogP contribution in [0, 0.1) is 13.8 Å². The highest BCUT2D eigenvalue weighted by atomic mass is 16.3. The van der Waals surface area contributed by atoms with Crippen molar-refractivity contribution >= 4 is 6.21 Å². The number of benzene rings is 1. The van der Waals surface area contributed by atoms with E-state index < -0.39 is 0 Å². The summed E-state index contributed by atoms with van der Waals surface area (Å²) in [7, 11) is 3.79. The van der Waals surface area contributed by atoms with Gasteiger partial charge in [-0.15, -0.1) is 0 Å². The van der Waals surface area contributed by atoms with Crippen LogP contribution in [0.3, 0.4) is 0 Å². The Bertz CT molecular complexity index is 370. The van der Waals surface area contributed by atoms with Gasteiger partial charge in [0.2, 0.25) is 0 Å². The molecule has 0 atom stereocenters. The molecule has 0 unspecified atom stereocenters. The SMILES string of the molecule is Cc1cc(CC=NN(C)C)c(C)cc1O. The molecule has 0 aliphatic rings. The summed E-state index contributed by atoms with van der Waals surface area (Å²) in [5.41, 5.74) is 3.22. The molecule has 15 heavy (non-hydrogen) atoms. The van der Waals surface area contributed by atoms with Crippen LogP contribution >= 0.6 is 0 Å². The molecule has 1 rings (SSSR count). The maximum Gasteiger partial charge on any atom is 0.118 e. The van der Waals surface area contributed by atoms with Crippen molar-refractivity contribution in [1.82, 2.24) is 5.01 Å². The molecule has 0 spiro atoms. The minimum absolute atomic E-state index is 0.362. The van der Waals surface area contributed by atoms with E-state index in [9.17, 15) is 5.11 Å². The van der Waals surface area contributed by atoms with Gasteiger partial charge in [-0.3, -0.25) is 0 Å². The van der Waals surface area contributed by atoms with Gasteiger partial charge >= 0.3 is 0 Å². The minimum atomic E-state index is 0.362. The molecule has 1 aromatic rings. The Morgan fingerprint density at radius 1 is 1.27 bits per heavy atom. The monoisotopic (exact) mass is 206 g/mol. The highest BCUT2D eigenvalue weighted by Crippen LogP contribution is 2.21. The van der Waals surface area contributed by atoms with E-state index >= 15 is 0 Å². The fourth-order valence-electron chi connectivity index (χ4n) is 1.38. The molecule has 0 bridgehead atoms. The summed E-state index contributed by atoms with van der Waals surface area (Å²) in [5.74, 6) is 0.362. The molecule has 0 amide bonds. The second-order valence-electron chi connectivity index (χ2n) is 3.91. The molecule has 3 nitrogen and oxygen atoms in total. The Kier molecular flexibility index (Phi) is 3.72. The zero-order valence-corrected chi connectivity index (χ0v) is 9.78. The van der Waals surface area contributed by atoms with Crippen molar-refractivity contribution in [3.05, 3.63) is 28.8 Å². The zero-order valence-electron chi connectivity index (χ0n) is 9.78. The van der Waals surface area contributed by atoms with E-state index in [-0.39, 0.29) is 0 Å². The second kappa shape index (κ2) is 4.82. The molecule has 0 aliphatic heterocycles. The van der Waals surface area contributed by atoms with E-state index in [4.69, 9.17) is 0 Å². The van der Waals surface area contributed by atoms with E-state index in [0.29, 0.717) is 5.75 Å². The third-order valence-electron chi connectivity index (χ3n) is 2.28. The van der Waals surface area contributed by atoms with Crippen molar-refractivity contribution in [2.45, 2.75) is 20.3 Å². The largest absolute Gasteiger partial charge is 0.508 e. The average molecular weight is 206 g/mol. The van der Waals surface area contributed by atoms with E-state index in [1.54, 1.807) is 11.1 Å². The molecule has 0 saturated heterocycles. The van der Waals surface area contributed by atoms with E-state index in [0.717, 1.165) is 17.5 Å². The lowest BCUT2D eigenvalue weighted by molar-refractivity contribution is 0.439. The Morgan fingerprint density at radius 3 is 2.53 bits per heavy atom. The maximum atomic E-state index is 9.50. The van der Waals surface area contributed by atoms with Gasteiger partial charge in [-0.2, -0.15) is 5.10 Å². The number of phenols is 1. The quantitative estimate of drug-likeness (QED) is 0.607. The van der Waals surface area contributed by atoms with Crippen molar-refractivity contribution in [2.75, 3.05) is 14.1 Å². The van der Waals surface area contributed by atoms with Crippen LogP contribution in [-0.4, -0.2) is 30.4 Å². The first kappa shape index (κ1) is 11.6. The predicted molar refractivity (Wildman–Crippen MR) is 63.5 cm³/mol. The highest BCUT2D eigenvalue weighted by molar-refractivity contribution is 5.62. The summed E-state index contributed by atoms with van der Waals surface area (Å²) in [6.45, 7) is 3.90. The van der Waals surface area contributed by atoms with Crippen molar-refractivity contribution in [3.8, 4) is 5.75 Å². The van der Waals surface area contributed by atoms with E-state index in [2.05, 4.69) is 5.10 Å². The summed E-state index contributed by atoms with van der Waals surface area (Å²) < 4.78 is 0. The third-order valence-corrected chi connectivity index (χ3v) is 2.28. The first-order valence-electron chi connectivity index (χ1n) is 4.99. The molecule has 0 fully saturated rings. The molecular formula is C12H18N2O. The fraction of sp³-hybridized carbons (Fsp3) is 0.417. The van der Waals surface area contributed by atoms with Crippen LogP contribution in [0.25, 0.3) is 0 Å². The van der Waals surface area contributed by atoms with Gasteiger partial charge in [0, 0.05) is 26.7 Å². The number of rotatable bonds is 3. The molecule has 3 heteroatoms. The minimum Gasteiger partial charge on any atom is -0.508 e. The van der Waals surface area contributed by atoms with Gasteiger partial charge in [0.15, 0.2) is 0 Å². The van der Waals surface area contributed by atoms with Gasteiger partial charge in [0.05, 0.1) is 0 Å². The first-order valence-corrected chi connectivity index (χ1v) is 4.99. The maximum absolute atomic E-state index is 9.50. The lowest BCUT2D eigenvalue weighted by atomic mass is 10.0. The summed E-state index contributed by atoms with van der Waals surface area (Å²) in [6, 6.07) is 3.81. The molecule has 82 valence electrons.